The number of hydrogen-bond donors (Lipinski definition) is 1. The van der Waals surface area contributed by atoms with E-state index < -0.39 is 9.84 Å². The number of aryl methyl sites for hydroxylation is 2. The van der Waals surface area contributed by atoms with E-state index in [2.05, 4.69) is 4.98 Å². The molecule has 8 nitrogen and oxygen atoms in total. The summed E-state index contributed by atoms with van der Waals surface area (Å²) in [5, 5.41) is 0.143. The molecular weight excluding hydrogens is 440 g/mol. The van der Waals surface area contributed by atoms with E-state index in [0.717, 1.165) is 11.1 Å². The fourth-order valence-corrected chi connectivity index (χ4v) is 5.22. The Morgan fingerprint density at radius 2 is 1.79 bits per heavy atom. The van der Waals surface area contributed by atoms with Crippen LogP contribution in [0.4, 0.5) is 5.82 Å². The molecular formula is C24H21N4O4S+. The lowest BCUT2D eigenvalue weighted by molar-refractivity contribution is -0.653. The van der Waals surface area contributed by atoms with Crippen molar-refractivity contribution in [1.29, 1.82) is 0 Å². The van der Waals surface area contributed by atoms with Crippen LogP contribution in [-0.2, 0) is 16.4 Å². The number of sulfone groups is 1. The van der Waals surface area contributed by atoms with Crippen LogP contribution in [-0.4, -0.2) is 17.8 Å². The van der Waals surface area contributed by atoms with E-state index in [1.54, 1.807) is 36.5 Å². The van der Waals surface area contributed by atoms with Gasteiger partial charge in [0.25, 0.3) is 11.2 Å². The highest BCUT2D eigenvalue weighted by Gasteiger charge is 2.29. The van der Waals surface area contributed by atoms with Gasteiger partial charge in [0.05, 0.1) is 11.2 Å². The van der Waals surface area contributed by atoms with Crippen molar-refractivity contribution in [3.63, 3.8) is 0 Å². The van der Waals surface area contributed by atoms with Crippen molar-refractivity contribution in [2.75, 3.05) is 5.73 Å². The zero-order valence-corrected chi connectivity index (χ0v) is 18.8. The third-order valence-electron chi connectivity index (χ3n) is 5.57. The van der Waals surface area contributed by atoms with Crippen LogP contribution in [0.25, 0.3) is 16.7 Å². The minimum Gasteiger partial charge on any atom is -0.466 e. The molecule has 0 bridgehead atoms. The number of fused-ring (bicyclic) bond motifs is 2. The van der Waals surface area contributed by atoms with Crippen molar-refractivity contribution in [1.82, 2.24) is 9.38 Å². The number of benzene rings is 1. The number of hydrogen-bond acceptors (Lipinski definition) is 6. The molecule has 2 N–H and O–H groups in total. The third-order valence-corrected chi connectivity index (χ3v) is 7.37. The van der Waals surface area contributed by atoms with Crippen LogP contribution in [0.5, 0.6) is 0 Å². The van der Waals surface area contributed by atoms with Crippen molar-refractivity contribution in [3.05, 3.63) is 94.3 Å². The molecule has 5 rings (SSSR count). The number of rotatable bonds is 4. The molecule has 0 unspecified atom stereocenters. The topological polar surface area (TPSA) is 112 Å². The predicted octanol–water partition coefficient (Wildman–Crippen LogP) is 2.81. The molecule has 4 aromatic heterocycles. The fourth-order valence-electron chi connectivity index (χ4n) is 3.81. The zero-order valence-electron chi connectivity index (χ0n) is 18.0. The average molecular weight is 462 g/mol. The Kier molecular flexibility index (Phi) is 4.79. The second-order valence-corrected chi connectivity index (χ2v) is 9.88. The van der Waals surface area contributed by atoms with Crippen molar-refractivity contribution in [2.24, 2.45) is 0 Å². The van der Waals surface area contributed by atoms with E-state index in [4.69, 9.17) is 10.2 Å². The van der Waals surface area contributed by atoms with E-state index in [1.165, 1.54) is 33.4 Å². The molecule has 166 valence electrons. The summed E-state index contributed by atoms with van der Waals surface area (Å²) < 4.78 is 35.5. The van der Waals surface area contributed by atoms with Gasteiger partial charge in [-0.15, -0.1) is 0 Å². The van der Waals surface area contributed by atoms with Crippen LogP contribution in [0.1, 0.15) is 16.9 Å². The Balaban J connectivity index is 1.88. The van der Waals surface area contributed by atoms with E-state index in [1.807, 2.05) is 19.9 Å². The van der Waals surface area contributed by atoms with Gasteiger partial charge in [0, 0.05) is 6.20 Å². The first-order valence-corrected chi connectivity index (χ1v) is 11.7. The average Bonchev–Trinajstić information content (AvgIpc) is 3.30. The van der Waals surface area contributed by atoms with Gasteiger partial charge in [0.15, 0.2) is 0 Å². The Morgan fingerprint density at radius 1 is 1.06 bits per heavy atom. The zero-order chi connectivity index (χ0) is 23.3. The van der Waals surface area contributed by atoms with Crippen LogP contribution in [0.15, 0.2) is 86.1 Å². The van der Waals surface area contributed by atoms with Gasteiger partial charge in [-0.2, -0.15) is 0 Å². The molecule has 0 spiro atoms. The minimum absolute atomic E-state index is 0.0252. The summed E-state index contributed by atoms with van der Waals surface area (Å²) in [5.41, 5.74) is 8.56. The molecule has 9 heteroatoms. The van der Waals surface area contributed by atoms with Crippen molar-refractivity contribution < 1.29 is 17.4 Å². The molecule has 0 atom stereocenters. The fraction of sp³-hybridized carbons (Fsp3) is 0.125. The lowest BCUT2D eigenvalue weighted by Gasteiger charge is -2.12. The molecule has 0 aliphatic heterocycles. The summed E-state index contributed by atoms with van der Waals surface area (Å²) in [6.07, 6.45) is 3.19. The molecule has 0 aliphatic carbocycles. The summed E-state index contributed by atoms with van der Waals surface area (Å²) in [4.78, 5) is 18.0. The first kappa shape index (κ1) is 20.9. The number of nitrogens with zero attached hydrogens (tertiary/aromatic N) is 3. The van der Waals surface area contributed by atoms with E-state index in [0.29, 0.717) is 11.4 Å². The highest BCUT2D eigenvalue weighted by molar-refractivity contribution is 7.91. The van der Waals surface area contributed by atoms with Gasteiger partial charge in [-0.1, -0.05) is 28.7 Å². The number of nitrogens with two attached hydrogens (primary N) is 1. The number of furan rings is 1. The van der Waals surface area contributed by atoms with E-state index in [9.17, 15) is 13.2 Å². The van der Waals surface area contributed by atoms with Gasteiger partial charge >= 0.3 is 0 Å². The van der Waals surface area contributed by atoms with Gasteiger partial charge in [-0.25, -0.2) is 13.0 Å². The lowest BCUT2D eigenvalue weighted by Crippen LogP contribution is -2.42. The Bertz CT molecular complexity index is 1690. The molecule has 33 heavy (non-hydrogen) atoms. The van der Waals surface area contributed by atoms with Gasteiger partial charge in [0.2, 0.25) is 21.3 Å². The first-order valence-electron chi connectivity index (χ1n) is 10.2. The van der Waals surface area contributed by atoms with Gasteiger partial charge < -0.3 is 10.2 Å². The third kappa shape index (κ3) is 3.46. The van der Waals surface area contributed by atoms with Crippen LogP contribution < -0.4 is 15.9 Å². The molecule has 1 aromatic carbocycles. The van der Waals surface area contributed by atoms with E-state index in [-0.39, 0.29) is 38.7 Å². The Labute approximate surface area is 189 Å². The number of aromatic nitrogens is 3. The Hall–Kier alpha value is -3.98. The molecule has 0 amide bonds. The van der Waals surface area contributed by atoms with Gasteiger partial charge in [-0.05, 0) is 55.8 Å². The summed E-state index contributed by atoms with van der Waals surface area (Å²) >= 11 is 0. The normalized spacial score (nSPS) is 11.9. The highest BCUT2D eigenvalue weighted by Crippen LogP contribution is 2.27. The predicted molar refractivity (Wildman–Crippen MR) is 123 cm³/mol. The number of pyridine rings is 2. The smallest absolute Gasteiger partial charge is 0.278 e. The Morgan fingerprint density at radius 3 is 2.48 bits per heavy atom. The maximum atomic E-state index is 13.5. The van der Waals surface area contributed by atoms with E-state index >= 15 is 0 Å². The SMILES string of the molecule is Cc1ccc(S(=O)(=O)c2cc3c(=O)n4cc(C)ccc4nc3[n+](Cc3ccco3)c2N)cc1. The van der Waals surface area contributed by atoms with Gasteiger partial charge in [0.1, 0.15) is 22.6 Å². The van der Waals surface area contributed by atoms with Gasteiger partial charge in [-0.3, -0.25) is 9.20 Å². The number of nitrogen functional groups attached to an aromatic ring is 1. The lowest BCUT2D eigenvalue weighted by atomic mass is 10.2. The molecule has 0 fully saturated rings. The second kappa shape index (κ2) is 7.56. The minimum atomic E-state index is -4.01. The molecule has 0 saturated heterocycles. The maximum Gasteiger partial charge on any atom is 0.278 e. The van der Waals surface area contributed by atoms with Crippen molar-refractivity contribution in [3.8, 4) is 0 Å². The second-order valence-electron chi connectivity index (χ2n) is 7.96. The van der Waals surface area contributed by atoms with Crippen LogP contribution >= 0.6 is 0 Å². The molecule has 4 heterocycles. The summed E-state index contributed by atoms with van der Waals surface area (Å²) in [5.74, 6) is 0.520. The standard InChI is InChI=1S/C24H20N4O4S/c1-15-5-8-18(9-6-15)33(30,31)20-12-19-23(28(22(20)25)14-17-4-3-11-32-17)26-21-10-7-16(2)13-27(21)24(19)29/h3-13,25H,14H2,1-2H3/p+1. The molecule has 0 aliphatic rings. The molecule has 0 radical (unpaired) electrons. The quantitative estimate of drug-likeness (QED) is 0.325. The van der Waals surface area contributed by atoms with Crippen molar-refractivity contribution in [2.45, 2.75) is 30.2 Å². The number of anilines is 1. The monoisotopic (exact) mass is 461 g/mol. The maximum absolute atomic E-state index is 13.5. The summed E-state index contributed by atoms with van der Waals surface area (Å²) in [6, 6.07) is 14.9. The van der Waals surface area contributed by atoms with Crippen molar-refractivity contribution >= 4 is 32.3 Å². The molecule has 5 aromatic rings. The van der Waals surface area contributed by atoms with Crippen LogP contribution in [0, 0.1) is 13.8 Å². The largest absolute Gasteiger partial charge is 0.466 e. The summed E-state index contributed by atoms with van der Waals surface area (Å²) in [6.45, 7) is 3.85. The highest BCUT2D eigenvalue weighted by atomic mass is 32.2. The van der Waals surface area contributed by atoms with Crippen LogP contribution in [0.2, 0.25) is 0 Å². The first-order chi connectivity index (χ1) is 15.8. The summed E-state index contributed by atoms with van der Waals surface area (Å²) in [7, 11) is -4.01. The molecule has 0 saturated carbocycles. The van der Waals surface area contributed by atoms with Crippen LogP contribution in [0.3, 0.4) is 0 Å².